The highest BCUT2D eigenvalue weighted by molar-refractivity contribution is 6.20. The van der Waals surface area contributed by atoms with Gasteiger partial charge in [0.2, 0.25) is 0 Å². The molecule has 0 aliphatic rings. The summed E-state index contributed by atoms with van der Waals surface area (Å²) in [4.78, 5) is 8.83. The van der Waals surface area contributed by atoms with Crippen LogP contribution in [0.1, 0.15) is 43.3 Å². The van der Waals surface area contributed by atoms with Gasteiger partial charge in [-0.2, -0.15) is 0 Å². The summed E-state index contributed by atoms with van der Waals surface area (Å²) in [6.45, 7) is 8.09. The molecule has 0 N–H and O–H groups in total. The number of halogens is 1. The van der Waals surface area contributed by atoms with Crippen molar-refractivity contribution in [3.05, 3.63) is 23.3 Å². The van der Waals surface area contributed by atoms with E-state index in [0.717, 1.165) is 23.5 Å². The standard InChI is InChI=1S/C11H17ClN2/c1-5-10(8(3)12)11-9(4)13-6-7(2)14-11/h6,8,10H,5H2,1-4H3. The third-order valence-corrected chi connectivity index (χ3v) is 2.76. The molecule has 1 heterocycles. The van der Waals surface area contributed by atoms with Crippen LogP contribution in [0, 0.1) is 13.8 Å². The van der Waals surface area contributed by atoms with Gasteiger partial charge in [-0.3, -0.25) is 9.97 Å². The van der Waals surface area contributed by atoms with Crippen molar-refractivity contribution in [2.45, 2.75) is 45.4 Å². The fourth-order valence-electron chi connectivity index (χ4n) is 1.64. The molecular formula is C11H17ClN2. The van der Waals surface area contributed by atoms with Gasteiger partial charge in [-0.15, -0.1) is 11.6 Å². The average molecular weight is 213 g/mol. The number of nitrogens with zero attached hydrogens (tertiary/aromatic N) is 2. The monoisotopic (exact) mass is 212 g/mol. The van der Waals surface area contributed by atoms with E-state index in [1.807, 2.05) is 20.8 Å². The summed E-state index contributed by atoms with van der Waals surface area (Å²) in [5, 5.41) is 0.106. The molecule has 3 heteroatoms. The summed E-state index contributed by atoms with van der Waals surface area (Å²) in [6, 6.07) is 0. The Morgan fingerprint density at radius 2 is 2.07 bits per heavy atom. The molecule has 0 fully saturated rings. The maximum absolute atomic E-state index is 6.13. The number of rotatable bonds is 3. The normalized spacial score (nSPS) is 15.2. The number of hydrogen-bond acceptors (Lipinski definition) is 2. The lowest BCUT2D eigenvalue weighted by Crippen LogP contribution is -2.13. The molecule has 0 aliphatic carbocycles. The highest BCUT2D eigenvalue weighted by Gasteiger charge is 2.19. The van der Waals surface area contributed by atoms with Crippen LogP contribution in [-0.2, 0) is 0 Å². The maximum atomic E-state index is 6.13. The molecule has 1 rings (SSSR count). The van der Waals surface area contributed by atoms with Gasteiger partial charge in [0, 0.05) is 17.5 Å². The average Bonchev–Trinajstić information content (AvgIpc) is 2.11. The first-order valence-electron chi connectivity index (χ1n) is 5.00. The van der Waals surface area contributed by atoms with Gasteiger partial charge in [0.25, 0.3) is 0 Å². The second-order valence-corrected chi connectivity index (χ2v) is 4.36. The Hall–Kier alpha value is -0.630. The summed E-state index contributed by atoms with van der Waals surface area (Å²) in [6.07, 6.45) is 2.80. The lowest BCUT2D eigenvalue weighted by atomic mass is 9.97. The van der Waals surface area contributed by atoms with Gasteiger partial charge in [-0.25, -0.2) is 0 Å². The highest BCUT2D eigenvalue weighted by Crippen LogP contribution is 2.26. The zero-order chi connectivity index (χ0) is 10.7. The highest BCUT2D eigenvalue weighted by atomic mass is 35.5. The van der Waals surface area contributed by atoms with Crippen LogP contribution < -0.4 is 0 Å². The van der Waals surface area contributed by atoms with Crippen LogP contribution in [0.25, 0.3) is 0 Å². The van der Waals surface area contributed by atoms with Crippen LogP contribution >= 0.6 is 11.6 Å². The maximum Gasteiger partial charge on any atom is 0.0664 e. The minimum atomic E-state index is 0.106. The van der Waals surface area contributed by atoms with Gasteiger partial charge in [0.1, 0.15) is 0 Å². The molecule has 2 nitrogen and oxygen atoms in total. The van der Waals surface area contributed by atoms with Crippen molar-refractivity contribution in [2.75, 3.05) is 0 Å². The van der Waals surface area contributed by atoms with Crippen LogP contribution in [0.4, 0.5) is 0 Å². The number of aryl methyl sites for hydroxylation is 2. The summed E-state index contributed by atoms with van der Waals surface area (Å²) >= 11 is 6.13. The molecule has 0 aliphatic heterocycles. The molecule has 2 unspecified atom stereocenters. The number of hydrogen-bond donors (Lipinski definition) is 0. The molecule has 1 aromatic rings. The predicted octanol–water partition coefficient (Wildman–Crippen LogP) is 3.21. The van der Waals surface area contributed by atoms with Gasteiger partial charge in [0.15, 0.2) is 0 Å². The van der Waals surface area contributed by atoms with E-state index in [-0.39, 0.29) is 5.38 Å². The van der Waals surface area contributed by atoms with Crippen molar-refractivity contribution in [3.8, 4) is 0 Å². The first-order chi connectivity index (χ1) is 6.56. The molecule has 0 radical (unpaired) electrons. The van der Waals surface area contributed by atoms with Crippen LogP contribution in [0.15, 0.2) is 6.20 Å². The van der Waals surface area contributed by atoms with E-state index in [0.29, 0.717) is 5.92 Å². The van der Waals surface area contributed by atoms with Gasteiger partial charge < -0.3 is 0 Å². The zero-order valence-corrected chi connectivity index (χ0v) is 9.97. The Labute approximate surface area is 90.7 Å². The van der Waals surface area contributed by atoms with Crippen molar-refractivity contribution in [1.29, 1.82) is 0 Å². The molecule has 78 valence electrons. The van der Waals surface area contributed by atoms with Gasteiger partial charge in [-0.1, -0.05) is 6.92 Å². The fourth-order valence-corrected chi connectivity index (χ4v) is 1.94. The largest absolute Gasteiger partial charge is 0.258 e. The summed E-state index contributed by atoms with van der Waals surface area (Å²) < 4.78 is 0. The fraction of sp³-hybridized carbons (Fsp3) is 0.636. The van der Waals surface area contributed by atoms with Crippen molar-refractivity contribution in [3.63, 3.8) is 0 Å². The Kier molecular flexibility index (Phi) is 3.87. The second-order valence-electron chi connectivity index (χ2n) is 3.67. The summed E-state index contributed by atoms with van der Waals surface area (Å²) in [5.74, 6) is 0.309. The van der Waals surface area contributed by atoms with E-state index < -0.39 is 0 Å². The smallest absolute Gasteiger partial charge is 0.0664 e. The summed E-state index contributed by atoms with van der Waals surface area (Å²) in [7, 11) is 0. The minimum absolute atomic E-state index is 0.106. The molecule has 0 spiro atoms. The Bertz CT molecular complexity index is 310. The minimum Gasteiger partial charge on any atom is -0.258 e. The Morgan fingerprint density at radius 1 is 1.43 bits per heavy atom. The van der Waals surface area contributed by atoms with Crippen molar-refractivity contribution < 1.29 is 0 Å². The predicted molar refractivity (Wildman–Crippen MR) is 59.9 cm³/mol. The van der Waals surface area contributed by atoms with E-state index >= 15 is 0 Å². The van der Waals surface area contributed by atoms with Crippen LogP contribution in [-0.4, -0.2) is 15.3 Å². The third-order valence-electron chi connectivity index (χ3n) is 2.46. The van der Waals surface area contributed by atoms with Crippen molar-refractivity contribution >= 4 is 11.6 Å². The molecule has 0 saturated heterocycles. The number of aromatic nitrogens is 2. The quantitative estimate of drug-likeness (QED) is 0.720. The topological polar surface area (TPSA) is 25.8 Å². The first kappa shape index (κ1) is 11.4. The molecule has 0 saturated carbocycles. The molecule has 14 heavy (non-hydrogen) atoms. The molecule has 1 aromatic heterocycles. The van der Waals surface area contributed by atoms with E-state index in [4.69, 9.17) is 11.6 Å². The SMILES string of the molecule is CCC(c1nc(C)cnc1C)C(C)Cl. The number of alkyl halides is 1. The zero-order valence-electron chi connectivity index (χ0n) is 9.21. The molecule has 0 amide bonds. The van der Waals surface area contributed by atoms with Gasteiger partial charge in [0.05, 0.1) is 17.1 Å². The Balaban J connectivity index is 3.08. The van der Waals surface area contributed by atoms with E-state index in [1.54, 1.807) is 6.20 Å². The van der Waals surface area contributed by atoms with Crippen molar-refractivity contribution in [2.24, 2.45) is 0 Å². The van der Waals surface area contributed by atoms with E-state index in [9.17, 15) is 0 Å². The van der Waals surface area contributed by atoms with Crippen LogP contribution in [0.3, 0.4) is 0 Å². The Morgan fingerprint density at radius 3 is 2.57 bits per heavy atom. The summed E-state index contributed by atoms with van der Waals surface area (Å²) in [5.41, 5.74) is 3.01. The third kappa shape index (κ3) is 2.44. The van der Waals surface area contributed by atoms with Gasteiger partial charge >= 0.3 is 0 Å². The lowest BCUT2D eigenvalue weighted by molar-refractivity contribution is 0.618. The van der Waals surface area contributed by atoms with Crippen molar-refractivity contribution in [1.82, 2.24) is 9.97 Å². The molecule has 0 bridgehead atoms. The van der Waals surface area contributed by atoms with E-state index in [1.165, 1.54) is 0 Å². The van der Waals surface area contributed by atoms with Crippen LogP contribution in [0.5, 0.6) is 0 Å². The second kappa shape index (κ2) is 4.74. The van der Waals surface area contributed by atoms with Gasteiger partial charge in [-0.05, 0) is 27.2 Å². The first-order valence-corrected chi connectivity index (χ1v) is 5.44. The molecule has 0 aromatic carbocycles. The molecular weight excluding hydrogens is 196 g/mol. The van der Waals surface area contributed by atoms with E-state index in [2.05, 4.69) is 16.9 Å². The molecule has 2 atom stereocenters. The lowest BCUT2D eigenvalue weighted by Gasteiger charge is -2.18. The van der Waals surface area contributed by atoms with Crippen LogP contribution in [0.2, 0.25) is 0 Å².